The molecule has 0 saturated heterocycles. The highest BCUT2D eigenvalue weighted by Crippen LogP contribution is 2.59. The fourth-order valence-corrected chi connectivity index (χ4v) is 7.27. The molecule has 142 valence electrons. The van der Waals surface area contributed by atoms with Crippen LogP contribution in [0, 0.1) is 29.5 Å². The molecule has 0 amide bonds. The van der Waals surface area contributed by atoms with Crippen LogP contribution in [0.15, 0.2) is 30.7 Å². The van der Waals surface area contributed by atoms with Gasteiger partial charge in [0.15, 0.2) is 0 Å². The third-order valence-corrected chi connectivity index (χ3v) is 7.89. The summed E-state index contributed by atoms with van der Waals surface area (Å²) in [6.45, 7) is 0. The van der Waals surface area contributed by atoms with Crippen molar-refractivity contribution in [1.29, 1.82) is 0 Å². The van der Waals surface area contributed by atoms with E-state index in [0.717, 1.165) is 43.4 Å². The van der Waals surface area contributed by atoms with Gasteiger partial charge in [0.05, 0.1) is 36.0 Å². The molecule has 4 nitrogen and oxygen atoms in total. The van der Waals surface area contributed by atoms with Gasteiger partial charge in [-0.25, -0.2) is 9.37 Å². The monoisotopic (exact) mass is 368 g/mol. The first kappa shape index (κ1) is 16.3. The zero-order valence-electron chi connectivity index (χ0n) is 15.3. The van der Waals surface area contributed by atoms with Crippen LogP contribution in [0.1, 0.15) is 50.1 Å². The minimum atomic E-state index is -0.490. The van der Waals surface area contributed by atoms with Crippen molar-refractivity contribution in [3.63, 3.8) is 0 Å². The average molecular weight is 368 g/mol. The van der Waals surface area contributed by atoms with Crippen molar-refractivity contribution >= 4 is 0 Å². The number of fused-ring (bicyclic) bond motifs is 3. The number of aliphatic hydroxyl groups excluding tert-OH is 1. The van der Waals surface area contributed by atoms with Gasteiger partial charge in [0.25, 0.3) is 0 Å². The van der Waals surface area contributed by atoms with Gasteiger partial charge in [0.1, 0.15) is 5.82 Å². The van der Waals surface area contributed by atoms with Crippen LogP contribution in [-0.2, 0) is 0 Å². The first-order valence-electron chi connectivity index (χ1n) is 10.2. The lowest BCUT2D eigenvalue weighted by Crippen LogP contribution is -2.57. The molecule has 1 aliphatic heterocycles. The van der Waals surface area contributed by atoms with Crippen LogP contribution in [0.5, 0.6) is 0 Å². The highest BCUT2D eigenvalue weighted by atomic mass is 19.1. The Labute approximate surface area is 158 Å². The maximum Gasteiger partial charge on any atom is 0.129 e. The Morgan fingerprint density at radius 3 is 2.74 bits per heavy atom. The molecular weight excluding hydrogens is 343 g/mol. The van der Waals surface area contributed by atoms with Crippen LogP contribution in [-0.4, -0.2) is 31.5 Å². The Hall–Kier alpha value is -1.72. The smallest absolute Gasteiger partial charge is 0.129 e. The topological polar surface area (TPSA) is 58.3 Å². The molecule has 4 bridgehead atoms. The van der Waals surface area contributed by atoms with Crippen LogP contribution in [0.25, 0.3) is 11.3 Å². The van der Waals surface area contributed by atoms with Crippen LogP contribution in [0.3, 0.4) is 0 Å². The predicted molar refractivity (Wildman–Crippen MR) is 98.4 cm³/mol. The predicted octanol–water partition coefficient (Wildman–Crippen LogP) is 3.53. The Bertz CT molecular complexity index is 893. The van der Waals surface area contributed by atoms with Crippen molar-refractivity contribution in [3.05, 3.63) is 42.1 Å². The van der Waals surface area contributed by atoms with Gasteiger partial charge in [-0.1, -0.05) is 12.1 Å². The van der Waals surface area contributed by atoms with Gasteiger partial charge >= 0.3 is 0 Å². The van der Waals surface area contributed by atoms with Crippen molar-refractivity contribution in [1.82, 2.24) is 9.55 Å². The normalized spacial score (nSPS) is 39.4. The number of hydrogen-bond donors (Lipinski definition) is 2. The molecule has 27 heavy (non-hydrogen) atoms. The number of nitrogens with zero attached hydrogens (tertiary/aromatic N) is 2. The maximum absolute atomic E-state index is 14.7. The SMILES string of the molecule is O[C@H](C[C@H]1c2c(F)cccc2-c2cncn21)C1C2CC3CC1CC(O)(C3)C2. The van der Waals surface area contributed by atoms with Crippen LogP contribution in [0.4, 0.5) is 4.39 Å². The minimum Gasteiger partial charge on any atom is -0.393 e. The minimum absolute atomic E-state index is 0.200. The summed E-state index contributed by atoms with van der Waals surface area (Å²) in [7, 11) is 0. The summed E-state index contributed by atoms with van der Waals surface area (Å²) < 4.78 is 16.7. The number of imidazole rings is 1. The fraction of sp³-hybridized carbons (Fsp3) is 0.591. The summed E-state index contributed by atoms with van der Waals surface area (Å²) in [5.41, 5.74) is 2.03. The van der Waals surface area contributed by atoms with Crippen molar-refractivity contribution in [2.24, 2.45) is 23.7 Å². The Morgan fingerprint density at radius 2 is 2.00 bits per heavy atom. The van der Waals surface area contributed by atoms with E-state index in [4.69, 9.17) is 0 Å². The van der Waals surface area contributed by atoms with Gasteiger partial charge < -0.3 is 14.8 Å². The van der Waals surface area contributed by atoms with E-state index in [0.29, 0.717) is 29.7 Å². The van der Waals surface area contributed by atoms with Crippen molar-refractivity contribution in [3.8, 4) is 11.3 Å². The molecule has 5 aliphatic rings. The molecule has 1 aromatic carbocycles. The van der Waals surface area contributed by atoms with E-state index in [1.807, 2.05) is 10.6 Å². The Morgan fingerprint density at radius 1 is 1.22 bits per heavy atom. The van der Waals surface area contributed by atoms with E-state index in [1.54, 1.807) is 18.6 Å². The van der Waals surface area contributed by atoms with Gasteiger partial charge in [0.2, 0.25) is 0 Å². The number of benzene rings is 1. The third kappa shape index (κ3) is 2.24. The lowest BCUT2D eigenvalue weighted by molar-refractivity contribution is -0.174. The molecule has 2 heterocycles. The molecule has 0 radical (unpaired) electrons. The summed E-state index contributed by atoms with van der Waals surface area (Å²) in [6.07, 6.45) is 8.43. The van der Waals surface area contributed by atoms with Crippen LogP contribution < -0.4 is 0 Å². The van der Waals surface area contributed by atoms with E-state index >= 15 is 0 Å². The van der Waals surface area contributed by atoms with Crippen molar-refractivity contribution in [2.45, 2.75) is 56.3 Å². The number of aromatic nitrogens is 2. The Kier molecular flexibility index (Phi) is 3.26. The number of aliphatic hydroxyl groups is 2. The van der Waals surface area contributed by atoms with E-state index in [-0.39, 0.29) is 17.8 Å². The molecule has 4 fully saturated rings. The van der Waals surface area contributed by atoms with Crippen molar-refractivity contribution in [2.75, 3.05) is 0 Å². The summed E-state index contributed by atoms with van der Waals surface area (Å²) in [5, 5.41) is 22.1. The highest BCUT2D eigenvalue weighted by Gasteiger charge is 2.56. The molecular formula is C22H25FN2O2. The molecule has 5 heteroatoms. The molecule has 2 aromatic rings. The first-order chi connectivity index (χ1) is 13.0. The lowest BCUT2D eigenvalue weighted by atomic mass is 9.49. The zero-order valence-corrected chi connectivity index (χ0v) is 15.3. The summed E-state index contributed by atoms with van der Waals surface area (Å²) in [6, 6.07) is 4.99. The Balaban J connectivity index is 1.32. The number of halogens is 1. The van der Waals surface area contributed by atoms with E-state index in [1.165, 1.54) is 6.07 Å². The molecule has 1 aromatic heterocycles. The van der Waals surface area contributed by atoms with Gasteiger partial charge in [-0.3, -0.25) is 0 Å². The van der Waals surface area contributed by atoms with E-state index < -0.39 is 11.7 Å². The first-order valence-corrected chi connectivity index (χ1v) is 10.2. The van der Waals surface area contributed by atoms with Gasteiger partial charge in [-0.2, -0.15) is 0 Å². The number of rotatable bonds is 3. The second-order valence-electron chi connectivity index (χ2n) is 9.48. The average Bonchev–Trinajstić information content (AvgIpc) is 3.16. The van der Waals surface area contributed by atoms with Gasteiger partial charge in [-0.05, 0) is 68.3 Å². The summed E-state index contributed by atoms with van der Waals surface area (Å²) in [4.78, 5) is 4.25. The van der Waals surface area contributed by atoms with Gasteiger partial charge in [-0.15, -0.1) is 0 Å². The van der Waals surface area contributed by atoms with Crippen LogP contribution in [0.2, 0.25) is 0 Å². The zero-order chi connectivity index (χ0) is 18.3. The molecule has 0 spiro atoms. The van der Waals surface area contributed by atoms with Crippen molar-refractivity contribution < 1.29 is 14.6 Å². The standard InChI is InChI=1S/C22H25FN2O2/c23-16-3-1-2-15-18-10-24-11-25(18)17(21(15)16)6-19(26)20-13-4-12-5-14(20)9-22(27,7-12)8-13/h1-3,10-14,17,19-20,26-27H,4-9H2/t12?,13?,14?,17-,19+,20?,22?/m0/s1. The van der Waals surface area contributed by atoms with Gasteiger partial charge in [0, 0.05) is 11.1 Å². The van der Waals surface area contributed by atoms with Crippen LogP contribution >= 0.6 is 0 Å². The molecule has 2 N–H and O–H groups in total. The molecule has 4 atom stereocenters. The quantitative estimate of drug-likeness (QED) is 0.871. The second kappa shape index (κ2) is 5.42. The lowest BCUT2D eigenvalue weighted by Gasteiger charge is -2.59. The fourth-order valence-electron chi connectivity index (χ4n) is 7.27. The number of hydrogen-bond acceptors (Lipinski definition) is 3. The molecule has 7 rings (SSSR count). The van der Waals surface area contributed by atoms with E-state index in [9.17, 15) is 14.6 Å². The molecule has 2 unspecified atom stereocenters. The summed E-state index contributed by atoms with van der Waals surface area (Å²) in [5.74, 6) is 1.46. The summed E-state index contributed by atoms with van der Waals surface area (Å²) >= 11 is 0. The molecule has 4 aliphatic carbocycles. The molecule has 4 saturated carbocycles. The third-order valence-electron chi connectivity index (χ3n) is 7.89. The maximum atomic E-state index is 14.7. The second-order valence-corrected chi connectivity index (χ2v) is 9.48. The highest BCUT2D eigenvalue weighted by molar-refractivity contribution is 5.69. The largest absolute Gasteiger partial charge is 0.393 e. The van der Waals surface area contributed by atoms with E-state index in [2.05, 4.69) is 4.98 Å².